The summed E-state index contributed by atoms with van der Waals surface area (Å²) in [6.07, 6.45) is -1.92. The van der Waals surface area contributed by atoms with Gasteiger partial charge in [-0.15, -0.1) is 0 Å². The molecule has 14 heteroatoms. The summed E-state index contributed by atoms with van der Waals surface area (Å²) < 4.78 is 57.6. The van der Waals surface area contributed by atoms with Gasteiger partial charge in [0.1, 0.15) is 11.6 Å². The van der Waals surface area contributed by atoms with Crippen LogP contribution in [0.25, 0.3) is 33.2 Å². The van der Waals surface area contributed by atoms with Crippen LogP contribution in [0.5, 0.6) is 5.75 Å². The van der Waals surface area contributed by atoms with Gasteiger partial charge < -0.3 is 15.2 Å². The number of aromatic hydroxyl groups is 1. The molecule has 0 saturated heterocycles. The van der Waals surface area contributed by atoms with Gasteiger partial charge in [0.25, 0.3) is 5.91 Å². The molecular formula is C29H20F4N6O4. The normalized spacial score (nSPS) is 11.3. The molecule has 0 radical (unpaired) electrons. The van der Waals surface area contributed by atoms with Gasteiger partial charge in [-0.05, 0) is 60.5 Å². The van der Waals surface area contributed by atoms with Crippen LogP contribution >= 0.6 is 0 Å². The maximum absolute atomic E-state index is 13.7. The number of anilines is 2. The number of nitrogens with zero attached hydrogens (tertiary/aromatic N) is 4. The quantitative estimate of drug-likeness (QED) is 0.158. The average molecular weight is 593 g/mol. The van der Waals surface area contributed by atoms with E-state index in [1.54, 1.807) is 19.1 Å². The number of hydrogen-bond donors (Lipinski definition) is 3. The lowest BCUT2D eigenvalue weighted by molar-refractivity contribution is -0.137. The highest BCUT2D eigenvalue weighted by Crippen LogP contribution is 2.44. The lowest BCUT2D eigenvalue weighted by atomic mass is 9.92. The molecule has 2 aromatic carbocycles. The Hall–Kier alpha value is -5.66. The van der Waals surface area contributed by atoms with Crippen molar-refractivity contribution in [3.05, 3.63) is 89.8 Å². The number of phenolic OH excluding ortho intramolecular Hbond substituents is 1. The highest BCUT2D eigenvalue weighted by Gasteiger charge is 2.31. The smallest absolute Gasteiger partial charge is 0.416 e. The number of ether oxygens (including phenoxy) is 1. The number of carbonyl (C=O) groups excluding carboxylic acids is 2. The lowest BCUT2D eigenvalue weighted by Gasteiger charge is -2.16. The van der Waals surface area contributed by atoms with Crippen molar-refractivity contribution in [2.45, 2.75) is 13.1 Å². The summed E-state index contributed by atoms with van der Waals surface area (Å²) in [7, 11) is 1.16. The monoisotopic (exact) mass is 592 g/mol. The molecule has 0 aliphatic carbocycles. The molecule has 43 heavy (non-hydrogen) atoms. The standard InChI is InChI=1S/C29H20F4N6O4/c1-14-3-4-15(26(41)37-22-11-18(7-8-34-22)29(31,32)33)9-19(14)20-10-17-13-36-27(39-28(42)43-2)38-24(17)23(25(20)40)16-5-6-21(30)35-12-16/h3-13,40H,1-2H3,(H,34,37,41)(H,36,38,39,42). The van der Waals surface area contributed by atoms with Crippen LogP contribution in [0.4, 0.5) is 34.1 Å². The van der Waals surface area contributed by atoms with Gasteiger partial charge in [-0.2, -0.15) is 17.6 Å². The molecule has 2 amide bonds. The molecule has 0 aliphatic rings. The van der Waals surface area contributed by atoms with Crippen LogP contribution < -0.4 is 10.6 Å². The van der Waals surface area contributed by atoms with Gasteiger partial charge >= 0.3 is 12.3 Å². The first-order chi connectivity index (χ1) is 20.4. The average Bonchev–Trinajstić information content (AvgIpc) is 2.97. The molecule has 0 unspecified atom stereocenters. The number of amides is 2. The van der Waals surface area contributed by atoms with E-state index < -0.39 is 29.7 Å². The number of methoxy groups -OCH3 is 1. The number of halogens is 4. The first-order valence-corrected chi connectivity index (χ1v) is 12.4. The minimum atomic E-state index is -4.62. The van der Waals surface area contributed by atoms with Crippen molar-refractivity contribution in [1.82, 2.24) is 19.9 Å². The molecule has 0 aliphatic heterocycles. The molecule has 3 N–H and O–H groups in total. The van der Waals surface area contributed by atoms with Gasteiger partial charge in [-0.25, -0.2) is 24.7 Å². The number of pyridine rings is 2. The van der Waals surface area contributed by atoms with Crippen LogP contribution in [0, 0.1) is 12.9 Å². The highest BCUT2D eigenvalue weighted by molar-refractivity contribution is 6.06. The third-order valence-electron chi connectivity index (χ3n) is 6.38. The van der Waals surface area contributed by atoms with Crippen molar-refractivity contribution in [2.24, 2.45) is 0 Å². The minimum absolute atomic E-state index is 0.0678. The molecule has 3 aromatic heterocycles. The molecule has 0 spiro atoms. The number of fused-ring (bicyclic) bond motifs is 1. The van der Waals surface area contributed by atoms with Crippen molar-refractivity contribution in [2.75, 3.05) is 17.7 Å². The zero-order valence-electron chi connectivity index (χ0n) is 22.3. The van der Waals surface area contributed by atoms with Gasteiger partial charge in [0, 0.05) is 40.7 Å². The number of phenols is 1. The van der Waals surface area contributed by atoms with Crippen molar-refractivity contribution in [1.29, 1.82) is 0 Å². The van der Waals surface area contributed by atoms with E-state index in [1.165, 1.54) is 30.6 Å². The molecule has 0 bridgehead atoms. The fourth-order valence-corrected chi connectivity index (χ4v) is 4.29. The maximum atomic E-state index is 13.7. The van der Waals surface area contributed by atoms with Crippen LogP contribution in [0.3, 0.4) is 0 Å². The van der Waals surface area contributed by atoms with Crippen molar-refractivity contribution in [3.63, 3.8) is 0 Å². The number of carbonyl (C=O) groups is 2. The van der Waals surface area contributed by atoms with Crippen LogP contribution in [0.2, 0.25) is 0 Å². The van der Waals surface area contributed by atoms with E-state index in [0.717, 1.165) is 25.4 Å². The third kappa shape index (κ3) is 6.02. The molecule has 5 aromatic rings. The highest BCUT2D eigenvalue weighted by atomic mass is 19.4. The zero-order valence-corrected chi connectivity index (χ0v) is 22.3. The Labute approximate surface area is 240 Å². The van der Waals surface area contributed by atoms with Gasteiger partial charge in [-0.1, -0.05) is 6.07 Å². The number of benzene rings is 2. The summed E-state index contributed by atoms with van der Waals surface area (Å²) in [4.78, 5) is 40.7. The Morgan fingerprint density at radius 3 is 2.42 bits per heavy atom. The van der Waals surface area contributed by atoms with Gasteiger partial charge in [0.15, 0.2) is 0 Å². The minimum Gasteiger partial charge on any atom is -0.507 e. The number of aromatic nitrogens is 4. The summed E-state index contributed by atoms with van der Waals surface area (Å²) in [6, 6.07) is 10.1. The zero-order chi connectivity index (χ0) is 30.9. The summed E-state index contributed by atoms with van der Waals surface area (Å²) in [5.41, 5.74) is 0.991. The van der Waals surface area contributed by atoms with Crippen LogP contribution in [0.1, 0.15) is 21.5 Å². The van der Waals surface area contributed by atoms with E-state index in [9.17, 15) is 32.3 Å². The first-order valence-electron chi connectivity index (χ1n) is 12.4. The Bertz CT molecular complexity index is 1880. The van der Waals surface area contributed by atoms with E-state index >= 15 is 0 Å². The van der Waals surface area contributed by atoms with Gasteiger partial charge in [0.2, 0.25) is 11.9 Å². The maximum Gasteiger partial charge on any atom is 0.416 e. The molecule has 0 saturated carbocycles. The van der Waals surface area contributed by atoms with E-state index in [1.807, 2.05) is 0 Å². The lowest BCUT2D eigenvalue weighted by Crippen LogP contribution is -2.14. The number of aryl methyl sites for hydroxylation is 1. The third-order valence-corrected chi connectivity index (χ3v) is 6.38. The van der Waals surface area contributed by atoms with Crippen LogP contribution in [0.15, 0.2) is 67.1 Å². The summed E-state index contributed by atoms with van der Waals surface area (Å²) in [5, 5.41) is 16.7. The molecule has 3 heterocycles. The first kappa shape index (κ1) is 28.9. The topological polar surface area (TPSA) is 139 Å². The van der Waals surface area contributed by atoms with Crippen LogP contribution in [-0.2, 0) is 10.9 Å². The van der Waals surface area contributed by atoms with E-state index in [2.05, 4.69) is 35.3 Å². The molecule has 218 valence electrons. The molecule has 5 rings (SSSR count). The summed E-state index contributed by atoms with van der Waals surface area (Å²) >= 11 is 0. The van der Waals surface area contributed by atoms with E-state index in [4.69, 9.17) is 0 Å². The second kappa shape index (κ2) is 11.3. The number of alkyl halides is 3. The Morgan fingerprint density at radius 2 is 1.72 bits per heavy atom. The number of hydrogen-bond acceptors (Lipinski definition) is 8. The van der Waals surface area contributed by atoms with Crippen molar-refractivity contribution >= 4 is 34.7 Å². The van der Waals surface area contributed by atoms with Gasteiger partial charge in [0.05, 0.1) is 23.8 Å². The summed E-state index contributed by atoms with van der Waals surface area (Å²) in [6.45, 7) is 1.73. The molecule has 10 nitrogen and oxygen atoms in total. The SMILES string of the molecule is COC(=O)Nc1ncc2cc(-c3cc(C(=O)Nc4cc(C(F)(F)F)ccn4)ccc3C)c(O)c(-c3ccc(F)nc3)c2n1. The number of rotatable bonds is 5. The predicted octanol–water partition coefficient (Wildman–Crippen LogP) is 6.36. The second-order valence-electron chi connectivity index (χ2n) is 9.18. The van der Waals surface area contributed by atoms with Crippen molar-refractivity contribution in [3.8, 4) is 28.0 Å². The largest absolute Gasteiger partial charge is 0.507 e. The van der Waals surface area contributed by atoms with E-state index in [-0.39, 0.29) is 45.3 Å². The predicted molar refractivity (Wildman–Crippen MR) is 148 cm³/mol. The Kier molecular flexibility index (Phi) is 7.59. The second-order valence-corrected chi connectivity index (χ2v) is 9.18. The fraction of sp³-hybridized carbons (Fsp3) is 0.103. The fourth-order valence-electron chi connectivity index (χ4n) is 4.29. The summed E-state index contributed by atoms with van der Waals surface area (Å²) in [5.74, 6) is -2.21. The van der Waals surface area contributed by atoms with Crippen LogP contribution in [-0.4, -0.2) is 44.2 Å². The number of nitrogens with one attached hydrogen (secondary N) is 2. The van der Waals surface area contributed by atoms with Gasteiger partial charge in [-0.3, -0.25) is 10.1 Å². The molecule has 0 fully saturated rings. The molecular weight excluding hydrogens is 572 g/mol. The Morgan fingerprint density at radius 1 is 0.930 bits per heavy atom. The molecule has 0 atom stereocenters. The van der Waals surface area contributed by atoms with E-state index in [0.29, 0.717) is 22.6 Å². The van der Waals surface area contributed by atoms with Crippen molar-refractivity contribution < 1.29 is 37.0 Å². The Balaban J connectivity index is 1.62.